The second kappa shape index (κ2) is 7.72. The maximum absolute atomic E-state index is 12.8. The Morgan fingerprint density at radius 3 is 2.48 bits per heavy atom. The Morgan fingerprint density at radius 2 is 1.92 bits per heavy atom. The topological polar surface area (TPSA) is 95.9 Å². The average Bonchev–Trinajstić information content (AvgIpc) is 2.60. The van der Waals surface area contributed by atoms with Crippen LogP contribution in [0.2, 0.25) is 0 Å². The van der Waals surface area contributed by atoms with Crippen LogP contribution in [0.1, 0.15) is 43.5 Å². The summed E-state index contributed by atoms with van der Waals surface area (Å²) in [5.74, 6) is 0.117. The summed E-state index contributed by atoms with van der Waals surface area (Å²) in [6.45, 7) is 4.13. The number of carbonyl (C=O) groups is 1. The minimum atomic E-state index is -3.88. The maximum atomic E-state index is 12.8. The van der Waals surface area contributed by atoms with Crippen LogP contribution in [0.5, 0.6) is 5.75 Å². The molecule has 2 rings (SSSR count). The van der Waals surface area contributed by atoms with E-state index in [9.17, 15) is 18.3 Å². The number of nitrogens with one attached hydrogen (secondary N) is 1. The molecule has 1 aromatic rings. The lowest BCUT2D eigenvalue weighted by Gasteiger charge is -2.27. The van der Waals surface area contributed by atoms with Gasteiger partial charge in [-0.1, -0.05) is 0 Å². The molecule has 1 aromatic carbocycles. The van der Waals surface area contributed by atoms with Gasteiger partial charge in [0.25, 0.3) is 5.91 Å². The van der Waals surface area contributed by atoms with Crippen molar-refractivity contribution in [2.24, 2.45) is 0 Å². The first-order valence-electron chi connectivity index (χ1n) is 8.32. The third-order valence-electron chi connectivity index (χ3n) is 4.16. The van der Waals surface area contributed by atoms with Crippen LogP contribution in [0.15, 0.2) is 23.1 Å². The molecule has 25 heavy (non-hydrogen) atoms. The number of carbonyl (C=O) groups excluding carboxylic acids is 1. The van der Waals surface area contributed by atoms with E-state index >= 15 is 0 Å². The van der Waals surface area contributed by atoms with Gasteiger partial charge in [-0.25, -0.2) is 13.1 Å². The molecule has 0 aliphatic carbocycles. The number of likely N-dealkylation sites (tertiary alicyclic amines) is 1. The molecular formula is C17H26N2O5S. The summed E-state index contributed by atoms with van der Waals surface area (Å²) in [5, 5.41) is 9.29. The molecule has 0 unspecified atom stereocenters. The molecule has 0 spiro atoms. The highest BCUT2D eigenvalue weighted by molar-refractivity contribution is 7.89. The van der Waals surface area contributed by atoms with Gasteiger partial charge in [-0.15, -0.1) is 0 Å². The monoisotopic (exact) mass is 370 g/mol. The van der Waals surface area contributed by atoms with E-state index in [0.717, 1.165) is 19.3 Å². The average molecular weight is 370 g/mol. The molecule has 8 heteroatoms. The molecule has 0 saturated carbocycles. The Morgan fingerprint density at radius 1 is 1.28 bits per heavy atom. The number of sulfonamides is 1. The van der Waals surface area contributed by atoms with Crippen LogP contribution in [0, 0.1) is 0 Å². The summed E-state index contributed by atoms with van der Waals surface area (Å²) in [6, 6.07) is 4.21. The summed E-state index contributed by atoms with van der Waals surface area (Å²) in [5.41, 5.74) is -0.774. The van der Waals surface area contributed by atoms with E-state index in [-0.39, 0.29) is 23.0 Å². The molecule has 0 radical (unpaired) electrons. The van der Waals surface area contributed by atoms with Crippen LogP contribution in [0.25, 0.3) is 0 Å². The number of hydrogen-bond acceptors (Lipinski definition) is 5. The molecule has 1 aliphatic heterocycles. The second-order valence-electron chi connectivity index (χ2n) is 6.86. The van der Waals surface area contributed by atoms with E-state index in [1.165, 1.54) is 25.3 Å². The third-order valence-corrected chi connectivity index (χ3v) is 5.86. The van der Waals surface area contributed by atoms with E-state index in [4.69, 9.17) is 4.74 Å². The van der Waals surface area contributed by atoms with Crippen molar-refractivity contribution in [2.75, 3.05) is 26.8 Å². The largest absolute Gasteiger partial charge is 0.496 e. The fourth-order valence-corrected chi connectivity index (χ4v) is 4.17. The maximum Gasteiger partial charge on any atom is 0.257 e. The lowest BCUT2D eigenvalue weighted by molar-refractivity contribution is 0.0720. The van der Waals surface area contributed by atoms with E-state index in [0.29, 0.717) is 18.8 Å². The Labute approximate surface area is 149 Å². The van der Waals surface area contributed by atoms with E-state index in [1.807, 2.05) is 0 Å². The number of ether oxygens (including phenoxy) is 1. The normalized spacial score (nSPS) is 15.9. The standard InChI is InChI=1S/C17H26N2O5S/c1-17(2,12-20)18-25(22,23)13-7-8-15(24-3)14(11-13)16(21)19-9-5-4-6-10-19/h7-8,11,18,20H,4-6,9-10,12H2,1-3H3. The molecule has 0 bridgehead atoms. The number of nitrogens with zero attached hydrogens (tertiary/aromatic N) is 1. The van der Waals surface area contributed by atoms with Gasteiger partial charge in [-0.05, 0) is 51.3 Å². The predicted octanol–water partition coefficient (Wildman–Crippen LogP) is 1.37. The van der Waals surface area contributed by atoms with Crippen molar-refractivity contribution in [1.29, 1.82) is 0 Å². The summed E-state index contributed by atoms with van der Waals surface area (Å²) in [7, 11) is -2.43. The van der Waals surface area contributed by atoms with Crippen molar-refractivity contribution < 1.29 is 23.1 Å². The minimum Gasteiger partial charge on any atom is -0.496 e. The minimum absolute atomic E-state index is 0.0322. The highest BCUT2D eigenvalue weighted by Crippen LogP contribution is 2.26. The molecule has 1 saturated heterocycles. The Hall–Kier alpha value is -1.64. The number of aliphatic hydroxyl groups is 1. The fraction of sp³-hybridized carbons (Fsp3) is 0.588. The van der Waals surface area contributed by atoms with Gasteiger partial charge in [0.2, 0.25) is 10.0 Å². The first kappa shape index (κ1) is 19.7. The molecule has 1 amide bonds. The molecule has 140 valence electrons. The molecule has 2 N–H and O–H groups in total. The predicted molar refractivity (Wildman–Crippen MR) is 94.2 cm³/mol. The van der Waals surface area contributed by atoms with Gasteiger partial charge in [0.05, 0.1) is 29.7 Å². The number of amides is 1. The Bertz CT molecular complexity index is 725. The molecular weight excluding hydrogens is 344 g/mol. The zero-order valence-electron chi connectivity index (χ0n) is 14.9. The van der Waals surface area contributed by atoms with Gasteiger partial charge < -0.3 is 14.7 Å². The summed E-state index contributed by atoms with van der Waals surface area (Å²) >= 11 is 0. The lowest BCUT2D eigenvalue weighted by Crippen LogP contribution is -2.46. The zero-order chi connectivity index (χ0) is 18.7. The van der Waals surface area contributed by atoms with Crippen molar-refractivity contribution in [3.8, 4) is 5.75 Å². The third kappa shape index (κ3) is 4.71. The van der Waals surface area contributed by atoms with Crippen molar-refractivity contribution in [3.63, 3.8) is 0 Å². The van der Waals surface area contributed by atoms with E-state index in [2.05, 4.69) is 4.72 Å². The fourth-order valence-electron chi connectivity index (χ4n) is 2.74. The van der Waals surface area contributed by atoms with Crippen molar-refractivity contribution in [1.82, 2.24) is 9.62 Å². The number of benzene rings is 1. The first-order chi connectivity index (χ1) is 11.7. The van der Waals surface area contributed by atoms with Crippen LogP contribution < -0.4 is 9.46 Å². The van der Waals surface area contributed by atoms with Gasteiger partial charge in [-0.3, -0.25) is 4.79 Å². The number of hydrogen-bond donors (Lipinski definition) is 2. The summed E-state index contributed by atoms with van der Waals surface area (Å²) < 4.78 is 32.8. The second-order valence-corrected chi connectivity index (χ2v) is 8.54. The number of aliphatic hydroxyl groups excluding tert-OH is 1. The van der Waals surface area contributed by atoms with Crippen LogP contribution in [0.3, 0.4) is 0 Å². The first-order valence-corrected chi connectivity index (χ1v) is 9.81. The number of rotatable bonds is 6. The van der Waals surface area contributed by atoms with E-state index < -0.39 is 15.6 Å². The molecule has 7 nitrogen and oxygen atoms in total. The highest BCUT2D eigenvalue weighted by atomic mass is 32.2. The van der Waals surface area contributed by atoms with Crippen molar-refractivity contribution >= 4 is 15.9 Å². The van der Waals surface area contributed by atoms with Crippen molar-refractivity contribution in [2.45, 2.75) is 43.5 Å². The SMILES string of the molecule is COc1ccc(S(=O)(=O)NC(C)(C)CO)cc1C(=O)N1CCCCC1. The number of piperidine rings is 1. The van der Waals surface area contributed by atoms with Crippen molar-refractivity contribution in [3.05, 3.63) is 23.8 Å². The molecule has 1 aliphatic rings. The molecule has 0 atom stereocenters. The number of methoxy groups -OCH3 is 1. The van der Waals surface area contributed by atoms with Gasteiger partial charge in [0.1, 0.15) is 5.75 Å². The zero-order valence-corrected chi connectivity index (χ0v) is 15.7. The highest BCUT2D eigenvalue weighted by Gasteiger charge is 2.28. The van der Waals surface area contributed by atoms with Crippen LogP contribution in [-0.4, -0.2) is 56.7 Å². The molecule has 1 fully saturated rings. The van der Waals surface area contributed by atoms with Crippen LogP contribution in [-0.2, 0) is 10.0 Å². The molecule has 1 heterocycles. The smallest absolute Gasteiger partial charge is 0.257 e. The van der Waals surface area contributed by atoms with Gasteiger partial charge in [-0.2, -0.15) is 0 Å². The molecule has 0 aromatic heterocycles. The Balaban J connectivity index is 2.37. The lowest BCUT2D eigenvalue weighted by atomic mass is 10.1. The van der Waals surface area contributed by atoms with Gasteiger partial charge in [0, 0.05) is 13.1 Å². The summed E-state index contributed by atoms with van der Waals surface area (Å²) in [4.78, 5) is 14.5. The summed E-state index contributed by atoms with van der Waals surface area (Å²) in [6.07, 6.45) is 2.98. The Kier molecular flexibility index (Phi) is 6.08. The van der Waals surface area contributed by atoms with Gasteiger partial charge >= 0.3 is 0 Å². The van der Waals surface area contributed by atoms with Crippen LogP contribution >= 0.6 is 0 Å². The quantitative estimate of drug-likeness (QED) is 0.788. The van der Waals surface area contributed by atoms with Crippen LogP contribution in [0.4, 0.5) is 0 Å². The van der Waals surface area contributed by atoms with E-state index in [1.54, 1.807) is 18.7 Å². The van der Waals surface area contributed by atoms with Gasteiger partial charge in [0.15, 0.2) is 0 Å².